The van der Waals surface area contributed by atoms with Crippen LogP contribution in [0.25, 0.3) is 10.8 Å². The molecular weight excluding hydrogens is 284 g/mol. The van der Waals surface area contributed by atoms with Gasteiger partial charge in [-0.1, -0.05) is 50.1 Å². The van der Waals surface area contributed by atoms with Gasteiger partial charge in [-0.05, 0) is 41.7 Å². The number of hydrogen-bond donors (Lipinski definition) is 0. The molecule has 0 amide bonds. The van der Waals surface area contributed by atoms with Crippen molar-refractivity contribution in [2.75, 3.05) is 0 Å². The molecule has 4 heteroatoms. The highest BCUT2D eigenvalue weighted by atomic mass is 32.2. The molecule has 0 bridgehead atoms. The van der Waals surface area contributed by atoms with Crippen molar-refractivity contribution < 1.29 is 12.6 Å². The largest absolute Gasteiger partial charge is 0.297 e. The van der Waals surface area contributed by atoms with Crippen LogP contribution < -0.4 is 0 Å². The molecule has 3 rings (SSSR count). The summed E-state index contributed by atoms with van der Waals surface area (Å²) in [7, 11) is -3.68. The second-order valence-corrected chi connectivity index (χ2v) is 7.43. The molecule has 0 aromatic heterocycles. The molecule has 0 saturated heterocycles. The third-order valence-electron chi connectivity index (χ3n) is 4.29. The summed E-state index contributed by atoms with van der Waals surface area (Å²) in [5, 5.41) is 1.95. The van der Waals surface area contributed by atoms with Crippen LogP contribution in [0.3, 0.4) is 0 Å². The van der Waals surface area contributed by atoms with Crippen molar-refractivity contribution in [2.24, 2.45) is 5.92 Å². The molecule has 1 saturated carbocycles. The van der Waals surface area contributed by atoms with Crippen molar-refractivity contribution in [1.29, 1.82) is 0 Å². The van der Waals surface area contributed by atoms with Crippen LogP contribution in [-0.2, 0) is 14.3 Å². The summed E-state index contributed by atoms with van der Waals surface area (Å²) in [4.78, 5) is 0.249. The zero-order valence-corrected chi connectivity index (χ0v) is 13.0. The lowest BCUT2D eigenvalue weighted by molar-refractivity contribution is 0.109. The van der Waals surface area contributed by atoms with Crippen molar-refractivity contribution in [1.82, 2.24) is 0 Å². The summed E-state index contributed by atoms with van der Waals surface area (Å²) in [5.41, 5.74) is 0. The Hall–Kier alpha value is -1.39. The standard InChI is InChI=1S/C17H20O3S/c1-13-6-2-5-9-17(13)20-21(18,19)16-11-10-14-7-3-4-8-15(14)12-16/h3-4,7-8,10-13,17H,2,5-6,9H2,1H3. The van der Waals surface area contributed by atoms with Gasteiger partial charge in [-0.15, -0.1) is 0 Å². The highest BCUT2D eigenvalue weighted by Crippen LogP contribution is 2.30. The normalized spacial score (nSPS) is 23.3. The topological polar surface area (TPSA) is 43.4 Å². The first-order valence-corrected chi connectivity index (χ1v) is 8.89. The second-order valence-electron chi connectivity index (χ2n) is 5.86. The van der Waals surface area contributed by atoms with Gasteiger partial charge < -0.3 is 0 Å². The summed E-state index contributed by atoms with van der Waals surface area (Å²) in [6.07, 6.45) is 3.89. The van der Waals surface area contributed by atoms with E-state index in [4.69, 9.17) is 4.18 Å². The van der Waals surface area contributed by atoms with Gasteiger partial charge in [0.05, 0.1) is 11.0 Å². The lowest BCUT2D eigenvalue weighted by Gasteiger charge is -2.27. The van der Waals surface area contributed by atoms with Crippen LogP contribution in [0.2, 0.25) is 0 Å². The van der Waals surface area contributed by atoms with Crippen molar-refractivity contribution in [3.8, 4) is 0 Å². The SMILES string of the molecule is CC1CCCCC1OS(=O)(=O)c1ccc2ccccc2c1. The molecule has 2 aromatic carbocycles. The zero-order valence-electron chi connectivity index (χ0n) is 12.2. The first kappa shape index (κ1) is 14.5. The van der Waals surface area contributed by atoms with E-state index >= 15 is 0 Å². The maximum atomic E-state index is 12.5. The summed E-state index contributed by atoms with van der Waals surface area (Å²) in [5.74, 6) is 0.300. The fourth-order valence-electron chi connectivity index (χ4n) is 2.97. The van der Waals surface area contributed by atoms with Gasteiger partial charge >= 0.3 is 0 Å². The van der Waals surface area contributed by atoms with Gasteiger partial charge in [-0.3, -0.25) is 4.18 Å². The van der Waals surface area contributed by atoms with Crippen LogP contribution >= 0.6 is 0 Å². The van der Waals surface area contributed by atoms with Crippen LogP contribution in [0.15, 0.2) is 47.4 Å². The summed E-state index contributed by atoms with van der Waals surface area (Å²) in [6.45, 7) is 2.07. The zero-order chi connectivity index (χ0) is 14.9. The summed E-state index contributed by atoms with van der Waals surface area (Å²) in [6, 6.07) is 12.9. The predicted molar refractivity (Wildman–Crippen MR) is 83.6 cm³/mol. The van der Waals surface area contributed by atoms with E-state index in [2.05, 4.69) is 6.92 Å². The van der Waals surface area contributed by atoms with Gasteiger partial charge in [-0.2, -0.15) is 8.42 Å². The smallest absolute Gasteiger partial charge is 0.263 e. The minimum Gasteiger partial charge on any atom is -0.263 e. The summed E-state index contributed by atoms with van der Waals surface area (Å²) >= 11 is 0. The van der Waals surface area contributed by atoms with E-state index < -0.39 is 10.1 Å². The Labute approximate surface area is 126 Å². The molecule has 2 atom stereocenters. The number of benzene rings is 2. The van der Waals surface area contributed by atoms with Crippen molar-refractivity contribution >= 4 is 20.9 Å². The Morgan fingerprint density at radius 2 is 1.71 bits per heavy atom. The van der Waals surface area contributed by atoms with E-state index in [0.29, 0.717) is 5.92 Å². The minimum absolute atomic E-state index is 0.185. The average Bonchev–Trinajstić information content (AvgIpc) is 2.49. The molecule has 1 fully saturated rings. The molecule has 0 N–H and O–H groups in total. The molecule has 0 radical (unpaired) electrons. The van der Waals surface area contributed by atoms with Crippen LogP contribution in [0.1, 0.15) is 32.6 Å². The van der Waals surface area contributed by atoms with Crippen LogP contribution in [0.5, 0.6) is 0 Å². The van der Waals surface area contributed by atoms with Crippen LogP contribution in [-0.4, -0.2) is 14.5 Å². The van der Waals surface area contributed by atoms with Gasteiger partial charge in [0.15, 0.2) is 0 Å². The first-order chi connectivity index (χ1) is 10.1. The van der Waals surface area contributed by atoms with Gasteiger partial charge in [-0.25, -0.2) is 0 Å². The fourth-order valence-corrected chi connectivity index (χ4v) is 4.19. The van der Waals surface area contributed by atoms with Crippen molar-refractivity contribution in [3.05, 3.63) is 42.5 Å². The van der Waals surface area contributed by atoms with Gasteiger partial charge in [0.25, 0.3) is 10.1 Å². The monoisotopic (exact) mass is 304 g/mol. The second kappa shape index (κ2) is 5.78. The first-order valence-electron chi connectivity index (χ1n) is 7.48. The highest BCUT2D eigenvalue weighted by Gasteiger charge is 2.28. The van der Waals surface area contributed by atoms with E-state index in [1.165, 1.54) is 0 Å². The molecule has 1 aliphatic rings. The Bertz CT molecular complexity index is 737. The van der Waals surface area contributed by atoms with Crippen LogP contribution in [0, 0.1) is 5.92 Å². The highest BCUT2D eigenvalue weighted by molar-refractivity contribution is 7.86. The fraction of sp³-hybridized carbons (Fsp3) is 0.412. The number of hydrogen-bond acceptors (Lipinski definition) is 3. The molecule has 2 aromatic rings. The lowest BCUT2D eigenvalue weighted by Crippen LogP contribution is -2.28. The Morgan fingerprint density at radius 1 is 1.00 bits per heavy atom. The van der Waals surface area contributed by atoms with E-state index in [0.717, 1.165) is 36.5 Å². The molecule has 112 valence electrons. The maximum absolute atomic E-state index is 12.5. The Balaban J connectivity index is 1.88. The molecule has 21 heavy (non-hydrogen) atoms. The van der Waals surface area contributed by atoms with Gasteiger partial charge in [0.1, 0.15) is 0 Å². The molecule has 0 spiro atoms. The quantitative estimate of drug-likeness (QED) is 0.801. The molecule has 3 nitrogen and oxygen atoms in total. The van der Waals surface area contributed by atoms with Crippen molar-refractivity contribution in [3.63, 3.8) is 0 Å². The third-order valence-corrected chi connectivity index (χ3v) is 5.62. The Kier molecular flexibility index (Phi) is 4.00. The van der Waals surface area contributed by atoms with Gasteiger partial charge in [0.2, 0.25) is 0 Å². The summed E-state index contributed by atoms with van der Waals surface area (Å²) < 4.78 is 30.4. The molecular formula is C17H20O3S. The van der Waals surface area contributed by atoms with E-state index in [1.54, 1.807) is 12.1 Å². The number of fused-ring (bicyclic) bond motifs is 1. The lowest BCUT2D eigenvalue weighted by atomic mass is 9.88. The molecule has 2 unspecified atom stereocenters. The Morgan fingerprint density at radius 3 is 2.48 bits per heavy atom. The van der Waals surface area contributed by atoms with Gasteiger partial charge in [0, 0.05) is 0 Å². The molecule has 0 heterocycles. The number of rotatable bonds is 3. The predicted octanol–water partition coefficient (Wildman–Crippen LogP) is 4.12. The molecule has 1 aliphatic carbocycles. The van der Waals surface area contributed by atoms with E-state index in [9.17, 15) is 8.42 Å². The van der Waals surface area contributed by atoms with E-state index in [-0.39, 0.29) is 11.0 Å². The van der Waals surface area contributed by atoms with Crippen LogP contribution in [0.4, 0.5) is 0 Å². The maximum Gasteiger partial charge on any atom is 0.297 e. The van der Waals surface area contributed by atoms with E-state index in [1.807, 2.05) is 30.3 Å². The van der Waals surface area contributed by atoms with Crippen molar-refractivity contribution in [2.45, 2.75) is 43.6 Å². The minimum atomic E-state index is -3.68. The third kappa shape index (κ3) is 3.11. The average molecular weight is 304 g/mol. The molecule has 0 aliphatic heterocycles.